The monoisotopic (exact) mass is 475 g/mol. The van der Waals surface area contributed by atoms with Gasteiger partial charge in [-0.1, -0.05) is 23.7 Å². The van der Waals surface area contributed by atoms with Crippen molar-refractivity contribution in [2.45, 2.75) is 30.6 Å². The van der Waals surface area contributed by atoms with Gasteiger partial charge in [-0.25, -0.2) is 4.90 Å². The maximum Gasteiger partial charge on any atom is 0.418 e. The van der Waals surface area contributed by atoms with Crippen LogP contribution in [0.2, 0.25) is 5.02 Å². The van der Waals surface area contributed by atoms with Crippen LogP contribution in [0.5, 0.6) is 0 Å². The summed E-state index contributed by atoms with van der Waals surface area (Å²) in [5.74, 6) is -3.64. The second kappa shape index (κ2) is 6.57. The molecule has 2 aromatic rings. The highest BCUT2D eigenvalue weighted by atomic mass is 35.5. The number of anilines is 2. The van der Waals surface area contributed by atoms with Crippen molar-refractivity contribution in [3.8, 4) is 0 Å². The molecule has 0 bridgehead atoms. The molecular formula is C23H17ClF3N3O3. The van der Waals surface area contributed by atoms with Gasteiger partial charge < -0.3 is 5.32 Å². The molecule has 6 nitrogen and oxygen atoms in total. The number of amides is 3. The first kappa shape index (κ1) is 20.7. The third kappa shape index (κ3) is 2.46. The molecule has 0 saturated carbocycles. The molecule has 33 heavy (non-hydrogen) atoms. The number of benzene rings is 2. The van der Waals surface area contributed by atoms with Crippen molar-refractivity contribution in [1.29, 1.82) is 0 Å². The molecule has 0 radical (unpaired) electrons. The van der Waals surface area contributed by atoms with E-state index in [4.69, 9.17) is 11.6 Å². The predicted molar refractivity (Wildman–Crippen MR) is 112 cm³/mol. The SMILES string of the molecule is O=C1[C@H]2[C@@H](C(=O)N1c1ccc(Cl)cc1)[C@@]1(C(=O)Nc3c(C(F)(F)F)cccc31)N1CCC[C@@H]21. The summed E-state index contributed by atoms with van der Waals surface area (Å²) < 4.78 is 41.2. The summed E-state index contributed by atoms with van der Waals surface area (Å²) in [6.07, 6.45) is -3.42. The van der Waals surface area contributed by atoms with Crippen molar-refractivity contribution in [2.24, 2.45) is 11.8 Å². The number of carbonyl (C=O) groups excluding carboxylic acids is 3. The Morgan fingerprint density at radius 3 is 2.45 bits per heavy atom. The summed E-state index contributed by atoms with van der Waals surface area (Å²) in [7, 11) is 0. The summed E-state index contributed by atoms with van der Waals surface area (Å²) in [5.41, 5.74) is -2.51. The number of rotatable bonds is 1. The van der Waals surface area contributed by atoms with Crippen LogP contribution in [0.1, 0.15) is 24.0 Å². The zero-order chi connectivity index (χ0) is 23.3. The molecule has 6 rings (SSSR count). The Kier molecular flexibility index (Phi) is 4.12. The lowest BCUT2D eigenvalue weighted by molar-refractivity contribution is -0.137. The van der Waals surface area contributed by atoms with Crippen molar-refractivity contribution in [3.05, 3.63) is 58.6 Å². The molecule has 1 spiro atoms. The van der Waals surface area contributed by atoms with Gasteiger partial charge in [-0.15, -0.1) is 0 Å². The average Bonchev–Trinajstić information content (AvgIpc) is 3.46. The minimum atomic E-state index is -4.68. The number of nitrogens with zero attached hydrogens (tertiary/aromatic N) is 2. The minimum Gasteiger partial charge on any atom is -0.323 e. The number of fused-ring (bicyclic) bond motifs is 7. The smallest absolute Gasteiger partial charge is 0.323 e. The number of hydrogen-bond acceptors (Lipinski definition) is 4. The van der Waals surface area contributed by atoms with Crippen LogP contribution in [-0.4, -0.2) is 35.2 Å². The van der Waals surface area contributed by atoms with E-state index >= 15 is 0 Å². The molecule has 1 N–H and O–H groups in total. The van der Waals surface area contributed by atoms with Crippen LogP contribution in [-0.2, 0) is 26.1 Å². The Hall–Kier alpha value is -2.91. The van der Waals surface area contributed by atoms with Gasteiger partial charge >= 0.3 is 6.18 Å². The summed E-state index contributed by atoms with van der Waals surface area (Å²) in [4.78, 5) is 43.7. The molecule has 3 fully saturated rings. The number of alkyl halides is 3. The van der Waals surface area contributed by atoms with E-state index < -0.39 is 52.9 Å². The molecule has 170 valence electrons. The Morgan fingerprint density at radius 2 is 1.76 bits per heavy atom. The first-order chi connectivity index (χ1) is 15.7. The molecule has 3 saturated heterocycles. The Bertz CT molecular complexity index is 1230. The third-order valence-electron chi connectivity index (χ3n) is 7.42. The topological polar surface area (TPSA) is 69.7 Å². The van der Waals surface area contributed by atoms with Crippen LogP contribution in [0.15, 0.2) is 42.5 Å². The Morgan fingerprint density at radius 1 is 1.03 bits per heavy atom. The lowest BCUT2D eigenvalue weighted by Gasteiger charge is -2.36. The van der Waals surface area contributed by atoms with Gasteiger partial charge in [-0.05, 0) is 49.7 Å². The van der Waals surface area contributed by atoms with Gasteiger partial charge in [0.05, 0.1) is 28.8 Å². The maximum absolute atomic E-state index is 13.8. The van der Waals surface area contributed by atoms with Gasteiger partial charge in [-0.3, -0.25) is 19.3 Å². The Labute approximate surface area is 191 Å². The van der Waals surface area contributed by atoms with Crippen LogP contribution in [0.4, 0.5) is 24.5 Å². The lowest BCUT2D eigenvalue weighted by atomic mass is 9.75. The highest BCUT2D eigenvalue weighted by Crippen LogP contribution is 2.61. The van der Waals surface area contributed by atoms with Gasteiger partial charge in [-0.2, -0.15) is 13.2 Å². The van der Waals surface area contributed by atoms with Crippen LogP contribution >= 0.6 is 11.6 Å². The van der Waals surface area contributed by atoms with Crippen molar-refractivity contribution >= 4 is 40.7 Å². The molecule has 0 aliphatic carbocycles. The van der Waals surface area contributed by atoms with E-state index in [0.29, 0.717) is 30.1 Å². The molecular weight excluding hydrogens is 459 g/mol. The number of imide groups is 1. The minimum absolute atomic E-state index is 0.112. The van der Waals surface area contributed by atoms with Crippen LogP contribution in [0.3, 0.4) is 0 Å². The van der Waals surface area contributed by atoms with Crippen LogP contribution < -0.4 is 10.2 Å². The molecule has 2 aromatic carbocycles. The second-order valence-electron chi connectivity index (χ2n) is 8.84. The first-order valence-electron chi connectivity index (χ1n) is 10.6. The summed E-state index contributed by atoms with van der Waals surface area (Å²) in [6.45, 7) is 0.419. The Balaban J connectivity index is 1.56. The fourth-order valence-electron chi connectivity index (χ4n) is 6.31. The maximum atomic E-state index is 13.8. The van der Waals surface area contributed by atoms with Crippen molar-refractivity contribution in [2.75, 3.05) is 16.8 Å². The summed E-state index contributed by atoms with van der Waals surface area (Å²) in [5, 5.41) is 2.86. The van der Waals surface area contributed by atoms with Gasteiger partial charge in [0.15, 0.2) is 0 Å². The van der Waals surface area contributed by atoms with E-state index in [1.807, 2.05) is 0 Å². The van der Waals surface area contributed by atoms with Gasteiger partial charge in [0.25, 0.3) is 0 Å². The number of carbonyl (C=O) groups is 3. The standard InChI is InChI=1S/C23H17ClF3N3O3/c24-11-6-8-12(9-7-11)30-19(31)16-15-5-2-10-29(15)22(17(16)20(30)32)13-3-1-4-14(23(25,26)27)18(13)28-21(22)33/h1,3-4,6-9,15-17H,2,5,10H2,(H,28,33)/t15-,16+,17-,22-/m0/s1. The molecule has 4 atom stereocenters. The fourth-order valence-corrected chi connectivity index (χ4v) is 6.44. The molecule has 0 unspecified atom stereocenters. The molecule has 10 heteroatoms. The van der Waals surface area contributed by atoms with Crippen LogP contribution in [0, 0.1) is 11.8 Å². The van der Waals surface area contributed by atoms with E-state index in [2.05, 4.69) is 5.32 Å². The number of hydrogen-bond donors (Lipinski definition) is 1. The van der Waals surface area contributed by atoms with Gasteiger partial charge in [0.2, 0.25) is 17.7 Å². The quantitative estimate of drug-likeness (QED) is 0.637. The molecule has 0 aromatic heterocycles. The molecule has 4 heterocycles. The predicted octanol–water partition coefficient (Wildman–Crippen LogP) is 3.79. The fraction of sp³-hybridized carbons (Fsp3) is 0.348. The number of para-hydroxylation sites is 1. The highest BCUT2D eigenvalue weighted by molar-refractivity contribution is 6.31. The third-order valence-corrected chi connectivity index (χ3v) is 7.67. The van der Waals surface area contributed by atoms with Crippen molar-refractivity contribution in [3.63, 3.8) is 0 Å². The summed E-state index contributed by atoms with van der Waals surface area (Å²) in [6, 6.07) is 9.41. The molecule has 3 amide bonds. The van der Waals surface area contributed by atoms with Crippen molar-refractivity contribution < 1.29 is 27.6 Å². The van der Waals surface area contributed by atoms with Crippen molar-refractivity contribution in [1.82, 2.24) is 4.90 Å². The van der Waals surface area contributed by atoms with Gasteiger partial charge in [0, 0.05) is 16.6 Å². The second-order valence-corrected chi connectivity index (χ2v) is 9.28. The zero-order valence-electron chi connectivity index (χ0n) is 17.0. The van der Waals surface area contributed by atoms with E-state index in [1.54, 1.807) is 29.2 Å². The highest BCUT2D eigenvalue weighted by Gasteiger charge is 2.75. The zero-order valence-corrected chi connectivity index (χ0v) is 17.8. The largest absolute Gasteiger partial charge is 0.418 e. The first-order valence-corrected chi connectivity index (χ1v) is 11.0. The summed E-state index contributed by atoms with van der Waals surface area (Å²) >= 11 is 5.95. The van der Waals surface area contributed by atoms with E-state index in [9.17, 15) is 27.6 Å². The van der Waals surface area contributed by atoms with Crippen LogP contribution in [0.25, 0.3) is 0 Å². The van der Waals surface area contributed by atoms with E-state index in [-0.39, 0.29) is 11.3 Å². The number of nitrogens with one attached hydrogen (secondary N) is 1. The lowest BCUT2D eigenvalue weighted by Crippen LogP contribution is -2.54. The van der Waals surface area contributed by atoms with E-state index in [1.165, 1.54) is 12.1 Å². The van der Waals surface area contributed by atoms with Gasteiger partial charge in [0.1, 0.15) is 5.54 Å². The van der Waals surface area contributed by atoms with E-state index in [0.717, 1.165) is 11.0 Å². The number of halogens is 4. The normalized spacial score (nSPS) is 30.7. The molecule has 4 aliphatic heterocycles. The average molecular weight is 476 g/mol. The molecule has 4 aliphatic rings.